The van der Waals surface area contributed by atoms with Gasteiger partial charge in [0, 0.05) is 69.0 Å². The molecule has 6 rings (SSSR count). The Morgan fingerprint density at radius 1 is 1.33 bits per heavy atom. The predicted octanol–water partition coefficient (Wildman–Crippen LogP) is 7.51. The van der Waals surface area contributed by atoms with E-state index in [9.17, 15) is 5.26 Å². The van der Waals surface area contributed by atoms with Crippen LogP contribution < -0.4 is 15.9 Å². The number of rotatable bonds is 5. The maximum atomic E-state index is 15.7. The Hall–Kier alpha value is -3.44. The molecule has 2 N–H and O–H groups in total. The van der Waals surface area contributed by atoms with Gasteiger partial charge >= 0.3 is 0 Å². The van der Waals surface area contributed by atoms with E-state index in [1.165, 1.54) is 23.8 Å². The van der Waals surface area contributed by atoms with Gasteiger partial charge in [-0.25, -0.2) is 14.4 Å². The van der Waals surface area contributed by atoms with Crippen LogP contribution in [0.25, 0.3) is 32.1 Å². The summed E-state index contributed by atoms with van der Waals surface area (Å²) in [6.45, 7) is 13.0. The molecule has 0 aliphatic carbocycles. The molecule has 2 unspecified atom stereocenters. The molecular weight excluding hydrogens is 578 g/mol. The van der Waals surface area contributed by atoms with E-state index >= 15 is 4.39 Å². The van der Waals surface area contributed by atoms with Crippen LogP contribution in [0.1, 0.15) is 64.2 Å². The molecule has 2 aliphatic heterocycles. The number of allylic oxidation sites excluding steroid dienone is 1. The lowest BCUT2D eigenvalue weighted by molar-refractivity contribution is 0.135. The maximum absolute atomic E-state index is 15.7. The van der Waals surface area contributed by atoms with Crippen molar-refractivity contribution >= 4 is 63.5 Å². The number of fused-ring (bicyclic) bond motifs is 4. The van der Waals surface area contributed by atoms with Crippen molar-refractivity contribution in [1.82, 2.24) is 9.97 Å². The summed E-state index contributed by atoms with van der Waals surface area (Å²) in [5.74, 6) is 1.46. The molecule has 0 spiro atoms. The molecule has 43 heavy (non-hydrogen) atoms. The third-order valence-electron chi connectivity index (χ3n) is 8.28. The lowest BCUT2D eigenvalue weighted by Gasteiger charge is -2.20. The van der Waals surface area contributed by atoms with Gasteiger partial charge in [0.25, 0.3) is 0 Å². The van der Waals surface area contributed by atoms with Crippen molar-refractivity contribution in [3.63, 3.8) is 0 Å². The number of nitrogens with two attached hydrogens (primary N) is 1. The number of nitrogen functional groups attached to an aromatic ring is 1. The van der Waals surface area contributed by atoms with E-state index in [0.717, 1.165) is 63.2 Å². The van der Waals surface area contributed by atoms with Crippen molar-refractivity contribution < 1.29 is 9.13 Å². The molecule has 2 atom stereocenters. The topological polar surface area (TPSA) is 100 Å². The zero-order chi connectivity index (χ0) is 30.8. The summed E-state index contributed by atoms with van der Waals surface area (Å²) in [4.78, 5) is 16.5. The Kier molecular flexibility index (Phi) is 9.41. The number of ether oxygens (including phenoxy) is 1. The Labute approximate surface area is 258 Å². The summed E-state index contributed by atoms with van der Waals surface area (Å²) < 4.78 is 22.3. The normalized spacial score (nSPS) is 16.8. The van der Waals surface area contributed by atoms with Gasteiger partial charge in [-0.2, -0.15) is 5.26 Å². The summed E-state index contributed by atoms with van der Waals surface area (Å²) in [5.41, 5.74) is 11.2. The second kappa shape index (κ2) is 13.1. The molecule has 2 aromatic carbocycles. The SMILES string of the molecule is C/C=C\N=C(C)C1CCN(c2ncc3c4c(c(-c5c(F)ccc6sc(N)c(C#N)c56)c(P)c3n2)COC4)C1.CCC(C)C. The molecule has 7 nitrogen and oxygen atoms in total. The highest BCUT2D eigenvalue weighted by atomic mass is 32.1. The third kappa shape index (κ3) is 5.89. The first-order chi connectivity index (χ1) is 20.7. The van der Waals surface area contributed by atoms with Crippen LogP contribution in [-0.4, -0.2) is 28.8 Å². The number of thiophene rings is 1. The summed E-state index contributed by atoms with van der Waals surface area (Å²) in [5, 5.41) is 12.4. The average Bonchev–Trinajstić information content (AvgIpc) is 3.76. The van der Waals surface area contributed by atoms with Gasteiger partial charge in [0.15, 0.2) is 0 Å². The molecule has 4 heterocycles. The molecule has 224 valence electrons. The van der Waals surface area contributed by atoms with Gasteiger partial charge in [-0.1, -0.05) is 33.3 Å². The van der Waals surface area contributed by atoms with Gasteiger partial charge in [-0.3, -0.25) is 4.99 Å². The van der Waals surface area contributed by atoms with Gasteiger partial charge in [0.05, 0.1) is 24.3 Å². The fourth-order valence-electron chi connectivity index (χ4n) is 5.53. The van der Waals surface area contributed by atoms with Crippen molar-refractivity contribution in [1.29, 1.82) is 5.26 Å². The zero-order valence-corrected chi connectivity index (χ0v) is 27.3. The van der Waals surface area contributed by atoms with E-state index in [1.807, 2.05) is 25.4 Å². The molecule has 0 saturated carbocycles. The summed E-state index contributed by atoms with van der Waals surface area (Å²) in [7, 11) is 2.77. The van der Waals surface area contributed by atoms with E-state index in [1.54, 1.807) is 6.07 Å². The van der Waals surface area contributed by atoms with Crippen LogP contribution in [0, 0.1) is 29.0 Å². The molecule has 10 heteroatoms. The number of anilines is 2. The van der Waals surface area contributed by atoms with E-state index in [0.29, 0.717) is 52.2 Å². The Morgan fingerprint density at radius 3 is 2.77 bits per heavy atom. The highest BCUT2D eigenvalue weighted by Crippen LogP contribution is 2.44. The lowest BCUT2D eigenvalue weighted by atomic mass is 9.91. The lowest BCUT2D eigenvalue weighted by Crippen LogP contribution is -2.24. The Bertz CT molecular complexity index is 1790. The first-order valence-corrected chi connectivity index (χ1v) is 16.1. The van der Waals surface area contributed by atoms with E-state index < -0.39 is 5.82 Å². The van der Waals surface area contributed by atoms with Gasteiger partial charge < -0.3 is 15.4 Å². The van der Waals surface area contributed by atoms with Crippen LogP contribution in [0.3, 0.4) is 0 Å². The molecule has 4 aromatic rings. The Balaban J connectivity index is 0.000000682. The monoisotopic (exact) mass is 616 g/mol. The van der Waals surface area contributed by atoms with Gasteiger partial charge in [-0.15, -0.1) is 20.6 Å². The summed E-state index contributed by atoms with van der Waals surface area (Å²) in [6.07, 6.45) is 7.90. The first-order valence-electron chi connectivity index (χ1n) is 14.7. The smallest absolute Gasteiger partial charge is 0.225 e. The van der Waals surface area contributed by atoms with Crippen LogP contribution in [0.5, 0.6) is 0 Å². The van der Waals surface area contributed by atoms with Crippen LogP contribution in [-0.2, 0) is 18.0 Å². The van der Waals surface area contributed by atoms with Gasteiger partial charge in [-0.05, 0) is 49.4 Å². The van der Waals surface area contributed by atoms with Crippen molar-refractivity contribution in [3.8, 4) is 17.2 Å². The number of aromatic nitrogens is 2. The average molecular weight is 617 g/mol. The van der Waals surface area contributed by atoms with E-state index in [4.69, 9.17) is 20.4 Å². The summed E-state index contributed by atoms with van der Waals surface area (Å²) in [6, 6.07) is 5.31. The second-order valence-electron chi connectivity index (χ2n) is 11.4. The number of nitrogens with zero attached hydrogens (tertiary/aromatic N) is 5. The third-order valence-corrected chi connectivity index (χ3v) is 9.83. The molecule has 2 aliphatic rings. The number of hydrogen-bond donors (Lipinski definition) is 1. The number of aliphatic imine (C=N–C) groups is 1. The predicted molar refractivity (Wildman–Crippen MR) is 181 cm³/mol. The first kappa shape index (κ1) is 31.0. The summed E-state index contributed by atoms with van der Waals surface area (Å²) >= 11 is 1.29. The quantitative estimate of drug-likeness (QED) is 0.184. The van der Waals surface area contributed by atoms with Gasteiger partial charge in [0.1, 0.15) is 16.9 Å². The number of hydrogen-bond acceptors (Lipinski definition) is 8. The molecule has 1 saturated heterocycles. The van der Waals surface area contributed by atoms with Crippen molar-refractivity contribution in [2.45, 2.75) is 60.7 Å². The van der Waals surface area contributed by atoms with Gasteiger partial charge in [0.2, 0.25) is 5.95 Å². The maximum Gasteiger partial charge on any atom is 0.225 e. The number of halogens is 1. The zero-order valence-electron chi connectivity index (χ0n) is 25.4. The molecule has 0 amide bonds. The molecule has 2 aromatic heterocycles. The van der Waals surface area contributed by atoms with E-state index in [2.05, 4.69) is 52.9 Å². The van der Waals surface area contributed by atoms with Crippen LogP contribution in [0.4, 0.5) is 15.3 Å². The van der Waals surface area contributed by atoms with E-state index in [-0.39, 0.29) is 0 Å². The largest absolute Gasteiger partial charge is 0.389 e. The fourth-order valence-corrected chi connectivity index (χ4v) is 7.00. The molecular formula is C33H38FN6OPS. The highest BCUT2D eigenvalue weighted by molar-refractivity contribution is 7.29. The number of benzene rings is 2. The molecule has 1 fully saturated rings. The van der Waals surface area contributed by atoms with Crippen molar-refractivity contribution in [2.75, 3.05) is 23.7 Å². The molecule has 0 bridgehead atoms. The molecule has 0 radical (unpaired) electrons. The highest BCUT2D eigenvalue weighted by Gasteiger charge is 2.30. The number of nitriles is 1. The second-order valence-corrected chi connectivity index (χ2v) is 13.1. The minimum atomic E-state index is -0.406. The fraction of sp³-hybridized carbons (Fsp3) is 0.394. The minimum absolute atomic E-state index is 0.304. The van der Waals surface area contributed by atoms with Crippen LogP contribution in [0.15, 0.2) is 35.6 Å². The minimum Gasteiger partial charge on any atom is -0.389 e. The van der Waals surface area contributed by atoms with Crippen LogP contribution >= 0.6 is 20.6 Å². The Morgan fingerprint density at radius 2 is 2.07 bits per heavy atom. The van der Waals surface area contributed by atoms with Crippen molar-refractivity contribution in [2.24, 2.45) is 16.8 Å². The standard InChI is InChI=1S/C28H26FN6OPS.C5H12/c1-3-7-32-14(2)15-6-8-35(11-15)28-33-10-17-18-12-36-13-19(18)23(26(37)25(17)34-28)24-20(29)4-5-21-22(24)16(9-30)27(31)38-21;1-4-5(2)3/h3-5,7,10,15H,6,8,11-13,31,37H2,1-2H3;5H,4H2,1-3H3/b7-3-,32-14?;. The van der Waals surface area contributed by atoms with Crippen LogP contribution in [0.2, 0.25) is 0 Å². The van der Waals surface area contributed by atoms with Crippen molar-refractivity contribution in [3.05, 3.63) is 53.1 Å².